The molecule has 0 saturated carbocycles. The third-order valence-electron chi connectivity index (χ3n) is 3.40. The summed E-state index contributed by atoms with van der Waals surface area (Å²) in [5.41, 5.74) is 4.50. The van der Waals surface area contributed by atoms with Gasteiger partial charge in [0.05, 0.1) is 6.61 Å². The maximum atomic E-state index is 5.82. The minimum absolute atomic E-state index is 0.920. The smallest absolute Gasteiger partial charge is 0.125 e. The Labute approximate surface area is 140 Å². The molecule has 0 bridgehead atoms. The van der Waals surface area contributed by atoms with Crippen molar-refractivity contribution in [1.29, 1.82) is 0 Å². The molecule has 1 aromatic carbocycles. The topological polar surface area (TPSA) is 9.23 Å². The second-order valence-electron chi connectivity index (χ2n) is 4.35. The summed E-state index contributed by atoms with van der Waals surface area (Å²) in [5.74, 6) is 1.24. The fourth-order valence-electron chi connectivity index (χ4n) is 2.66. The van der Waals surface area contributed by atoms with Crippen molar-refractivity contribution in [2.75, 3.05) is 6.61 Å². The first-order valence-corrected chi connectivity index (χ1v) is 9.71. The van der Waals surface area contributed by atoms with Gasteiger partial charge in [-0.05, 0) is 55.2 Å². The van der Waals surface area contributed by atoms with E-state index in [1.165, 1.54) is 61.0 Å². The first kappa shape index (κ1) is 23.3. The van der Waals surface area contributed by atoms with Crippen LogP contribution in [0.4, 0.5) is 0 Å². The molecule has 0 unspecified atom stereocenters. The fraction of sp³-hybridized carbons (Fsp3) is 0.714. The van der Waals surface area contributed by atoms with Gasteiger partial charge in [0.15, 0.2) is 0 Å². The molecule has 0 aromatic heterocycles. The molecule has 0 atom stereocenters. The van der Waals surface area contributed by atoms with Gasteiger partial charge in [0.25, 0.3) is 0 Å². The molecular weight excluding hydrogens is 268 g/mol. The summed E-state index contributed by atoms with van der Waals surface area (Å²) >= 11 is 0. The zero-order valence-electron chi connectivity index (χ0n) is 16.5. The normalized spacial score (nSPS) is 13.5. The van der Waals surface area contributed by atoms with Crippen molar-refractivity contribution >= 4 is 0 Å². The largest absolute Gasteiger partial charge is 0.493 e. The Morgan fingerprint density at radius 3 is 1.77 bits per heavy atom. The number of fused-ring (bicyclic) bond motifs is 3. The maximum absolute atomic E-state index is 5.82. The van der Waals surface area contributed by atoms with Gasteiger partial charge in [-0.2, -0.15) is 0 Å². The molecule has 1 nitrogen and oxygen atoms in total. The molecule has 1 aliphatic heterocycles. The van der Waals surface area contributed by atoms with Crippen LogP contribution in [-0.4, -0.2) is 6.61 Å². The van der Waals surface area contributed by atoms with Crippen LogP contribution in [0.3, 0.4) is 0 Å². The van der Waals surface area contributed by atoms with Crippen LogP contribution in [0.15, 0.2) is 12.1 Å². The number of hydrogen-bond donors (Lipinski definition) is 0. The molecule has 0 saturated heterocycles. The van der Waals surface area contributed by atoms with Crippen LogP contribution in [-0.2, 0) is 19.3 Å². The van der Waals surface area contributed by atoms with Gasteiger partial charge in [0, 0.05) is 0 Å². The van der Waals surface area contributed by atoms with E-state index in [2.05, 4.69) is 12.1 Å². The Kier molecular flexibility index (Phi) is 17.4. The van der Waals surface area contributed by atoms with E-state index in [1.807, 2.05) is 55.4 Å². The van der Waals surface area contributed by atoms with Crippen LogP contribution in [0.25, 0.3) is 0 Å². The van der Waals surface area contributed by atoms with Gasteiger partial charge in [-0.15, -0.1) is 0 Å². The average molecular weight is 309 g/mol. The third kappa shape index (κ3) is 6.85. The second-order valence-corrected chi connectivity index (χ2v) is 4.35. The summed E-state index contributed by atoms with van der Waals surface area (Å²) in [6, 6.07) is 4.60. The number of benzene rings is 1. The number of rotatable bonds is 0. The maximum Gasteiger partial charge on any atom is 0.125 e. The second kappa shape index (κ2) is 16.4. The minimum atomic E-state index is 0.920. The van der Waals surface area contributed by atoms with Crippen LogP contribution in [0.5, 0.6) is 5.75 Å². The molecule has 3 rings (SSSR count). The van der Waals surface area contributed by atoms with E-state index in [4.69, 9.17) is 4.74 Å². The monoisotopic (exact) mass is 308 g/mol. The molecule has 0 spiro atoms. The Morgan fingerprint density at radius 1 is 0.636 bits per heavy atom. The van der Waals surface area contributed by atoms with Crippen LogP contribution in [0.1, 0.15) is 91.3 Å². The van der Waals surface area contributed by atoms with E-state index >= 15 is 0 Å². The van der Waals surface area contributed by atoms with Crippen molar-refractivity contribution in [2.24, 2.45) is 0 Å². The highest BCUT2D eigenvalue weighted by atomic mass is 16.5. The molecule has 1 aromatic rings. The van der Waals surface area contributed by atoms with Gasteiger partial charge in [0.2, 0.25) is 0 Å². The summed E-state index contributed by atoms with van der Waals surface area (Å²) < 4.78 is 5.82. The highest BCUT2D eigenvalue weighted by Crippen LogP contribution is 2.35. The van der Waals surface area contributed by atoms with Gasteiger partial charge < -0.3 is 4.74 Å². The van der Waals surface area contributed by atoms with Crippen molar-refractivity contribution < 1.29 is 4.74 Å². The standard InChI is InChI=1S/C13H16O.4C2H6/c1-2-6-12-10(4-1)7-8-11-5-3-9-14-13(11)12;4*1-2/h7-8H,1-6,9H2;4*1-2H3. The summed E-state index contributed by atoms with van der Waals surface area (Å²) in [6.07, 6.45) is 7.58. The molecule has 2 aliphatic rings. The molecule has 0 fully saturated rings. The lowest BCUT2D eigenvalue weighted by atomic mass is 9.88. The summed E-state index contributed by atoms with van der Waals surface area (Å²) in [5, 5.41) is 0. The van der Waals surface area contributed by atoms with E-state index in [1.54, 1.807) is 0 Å². The van der Waals surface area contributed by atoms with Crippen molar-refractivity contribution in [1.82, 2.24) is 0 Å². The Morgan fingerprint density at radius 2 is 1.14 bits per heavy atom. The molecule has 130 valence electrons. The van der Waals surface area contributed by atoms with E-state index < -0.39 is 0 Å². The van der Waals surface area contributed by atoms with Crippen molar-refractivity contribution in [3.8, 4) is 5.75 Å². The Hall–Kier alpha value is -0.980. The minimum Gasteiger partial charge on any atom is -0.493 e. The van der Waals surface area contributed by atoms with Crippen molar-refractivity contribution in [3.05, 3.63) is 28.8 Å². The molecule has 1 heterocycles. The molecule has 0 N–H and O–H groups in total. The van der Waals surface area contributed by atoms with Crippen LogP contribution < -0.4 is 4.74 Å². The highest BCUT2D eigenvalue weighted by Gasteiger charge is 2.19. The zero-order valence-corrected chi connectivity index (χ0v) is 16.5. The van der Waals surface area contributed by atoms with Gasteiger partial charge in [-0.25, -0.2) is 0 Å². The summed E-state index contributed by atoms with van der Waals surface area (Å²) in [4.78, 5) is 0. The van der Waals surface area contributed by atoms with Crippen molar-refractivity contribution in [3.63, 3.8) is 0 Å². The molecule has 0 radical (unpaired) electrons. The molecule has 0 amide bonds. The first-order valence-electron chi connectivity index (χ1n) is 9.71. The lowest BCUT2D eigenvalue weighted by Gasteiger charge is -2.25. The summed E-state index contributed by atoms with van der Waals surface area (Å²) in [6.45, 7) is 16.9. The molecule has 1 heteroatoms. The van der Waals surface area contributed by atoms with Gasteiger partial charge in [-0.1, -0.05) is 67.5 Å². The first-order chi connectivity index (χ1) is 10.9. The summed E-state index contributed by atoms with van der Waals surface area (Å²) in [7, 11) is 0. The third-order valence-corrected chi connectivity index (χ3v) is 3.40. The number of aryl methyl sites for hydroxylation is 2. The van der Waals surface area contributed by atoms with E-state index in [9.17, 15) is 0 Å². The lowest BCUT2D eigenvalue weighted by molar-refractivity contribution is 0.283. The predicted molar refractivity (Wildman–Crippen MR) is 102 cm³/mol. The number of ether oxygens (including phenoxy) is 1. The SMILES string of the molecule is CC.CC.CC.CC.c1cc2c(c3c1CCCC3)OCCC2. The highest BCUT2D eigenvalue weighted by molar-refractivity contribution is 5.48. The predicted octanol–water partition coefficient (Wildman–Crippen LogP) is 7.00. The lowest BCUT2D eigenvalue weighted by Crippen LogP contribution is -2.13. The van der Waals surface area contributed by atoms with E-state index in [0.717, 1.165) is 6.61 Å². The Bertz CT molecular complexity index is 320. The van der Waals surface area contributed by atoms with Gasteiger partial charge in [0.1, 0.15) is 5.75 Å². The van der Waals surface area contributed by atoms with Crippen LogP contribution in [0, 0.1) is 0 Å². The van der Waals surface area contributed by atoms with E-state index in [-0.39, 0.29) is 0 Å². The van der Waals surface area contributed by atoms with E-state index in [0.29, 0.717) is 0 Å². The molecule has 1 aliphatic carbocycles. The molecule has 22 heavy (non-hydrogen) atoms. The quantitative estimate of drug-likeness (QED) is 0.501. The number of hydrogen-bond acceptors (Lipinski definition) is 1. The fourth-order valence-corrected chi connectivity index (χ4v) is 2.66. The van der Waals surface area contributed by atoms with Gasteiger partial charge in [-0.3, -0.25) is 0 Å². The van der Waals surface area contributed by atoms with Crippen LogP contribution >= 0.6 is 0 Å². The molecular formula is C21H40O. The van der Waals surface area contributed by atoms with Crippen molar-refractivity contribution in [2.45, 2.75) is 93.9 Å². The zero-order chi connectivity index (χ0) is 17.4. The average Bonchev–Trinajstić information content (AvgIpc) is 2.68. The van der Waals surface area contributed by atoms with Crippen LogP contribution in [0.2, 0.25) is 0 Å². The van der Waals surface area contributed by atoms with Gasteiger partial charge >= 0.3 is 0 Å². The Balaban J connectivity index is 0.